The Morgan fingerprint density at radius 1 is 0.433 bits per heavy atom. The summed E-state index contributed by atoms with van der Waals surface area (Å²) in [5.74, 6) is -3.44. The average Bonchev–Trinajstić information content (AvgIpc) is 0.746. The van der Waals surface area contributed by atoms with Gasteiger partial charge in [-0.3, -0.25) is 48.6 Å². The Hall–Kier alpha value is -12.8. The van der Waals surface area contributed by atoms with E-state index < -0.39 is 95.0 Å². The molecule has 3 aromatic heterocycles. The number of aromatic nitrogens is 3. The second-order valence-corrected chi connectivity index (χ2v) is 33.8. The van der Waals surface area contributed by atoms with Crippen molar-refractivity contribution < 1.29 is 76.8 Å². The molecule has 9 heterocycles. The van der Waals surface area contributed by atoms with Crippen LogP contribution in [0.3, 0.4) is 0 Å². The molecule has 6 saturated heterocycles. The van der Waals surface area contributed by atoms with Gasteiger partial charge in [0.1, 0.15) is 46.4 Å². The van der Waals surface area contributed by atoms with Gasteiger partial charge >= 0.3 is 36.2 Å². The molecule has 13 amide bonds. The number of imide groups is 3. The van der Waals surface area contributed by atoms with Crippen LogP contribution in [0.2, 0.25) is 0 Å². The molecule has 9 atom stereocenters. The summed E-state index contributed by atoms with van der Waals surface area (Å²) in [5, 5.41) is 15.4. The molecule has 6 fully saturated rings. The highest BCUT2D eigenvalue weighted by molar-refractivity contribution is 6.11. The molecule has 0 aliphatic carbocycles. The molecule has 0 radical (unpaired) electrons. The van der Waals surface area contributed by atoms with Gasteiger partial charge in [-0.25, -0.2) is 43.6 Å². The molecule has 674 valence electrons. The number of hydrogen-bond donors (Lipinski definition) is 4. The zero-order valence-electron chi connectivity index (χ0n) is 74.2. The van der Waals surface area contributed by atoms with Gasteiger partial charge in [0.25, 0.3) is 0 Å². The van der Waals surface area contributed by atoms with Crippen LogP contribution in [-0.4, -0.2) is 200 Å². The number of nitrogens with two attached hydrogens (primary N) is 1. The van der Waals surface area contributed by atoms with E-state index in [1.165, 1.54) is 42.0 Å². The number of pyridine rings is 3. The van der Waals surface area contributed by atoms with Crippen molar-refractivity contribution in [2.75, 3.05) is 64.8 Å². The van der Waals surface area contributed by atoms with E-state index in [1.54, 1.807) is 119 Å². The Labute approximate surface area is 748 Å². The smallest absolute Gasteiger partial charge is 0.416 e. The van der Waals surface area contributed by atoms with Gasteiger partial charge in [-0.05, 0) is 238 Å². The number of ether oxygens (including phenoxy) is 4. The number of nitrogens with one attached hydrogen (secondary N) is 2. The van der Waals surface area contributed by atoms with Crippen molar-refractivity contribution in [2.24, 2.45) is 23.5 Å². The van der Waals surface area contributed by atoms with Crippen molar-refractivity contribution in [3.05, 3.63) is 245 Å². The van der Waals surface area contributed by atoms with Crippen LogP contribution >= 0.6 is 12.4 Å². The number of benzene rings is 5. The number of nitrogens with zero attached hydrogens (tertiary/aromatic N) is 11. The summed E-state index contributed by atoms with van der Waals surface area (Å²) >= 11 is 0. The van der Waals surface area contributed by atoms with Gasteiger partial charge in [0.15, 0.2) is 6.04 Å². The zero-order valence-corrected chi connectivity index (χ0v) is 75.0. The fourth-order valence-corrected chi connectivity index (χ4v) is 16.9. The monoisotopic (exact) mass is 1760 g/mol. The van der Waals surface area contributed by atoms with E-state index in [9.17, 15) is 57.8 Å². The van der Waals surface area contributed by atoms with Crippen LogP contribution in [0.15, 0.2) is 195 Å². The number of rotatable bonds is 20. The molecule has 127 heavy (non-hydrogen) atoms. The topological polar surface area (TPSA) is 360 Å². The second kappa shape index (κ2) is 43.9. The van der Waals surface area contributed by atoms with Crippen molar-refractivity contribution >= 4 is 89.8 Å². The summed E-state index contributed by atoms with van der Waals surface area (Å²) in [6, 6.07) is 49.5. The Balaban J connectivity index is 0.000000200. The molecular weight excluding hydrogens is 1640 g/mol. The summed E-state index contributed by atoms with van der Waals surface area (Å²) in [5.41, 5.74) is 10.7. The summed E-state index contributed by atoms with van der Waals surface area (Å²) < 4.78 is 21.9. The number of carboxylic acid groups (broad SMARTS) is 1. The molecular formula is C96H117ClN14O16. The first-order valence-electron chi connectivity index (χ1n) is 42.9. The highest BCUT2D eigenvalue weighted by Gasteiger charge is 2.59. The first-order chi connectivity index (χ1) is 60.5. The predicted octanol–water partition coefficient (Wildman–Crippen LogP) is 14.2. The Morgan fingerprint density at radius 2 is 0.740 bits per heavy atom. The molecule has 31 heteroatoms. The fourth-order valence-electron chi connectivity index (χ4n) is 16.9. The number of carboxylic acids is 1. The van der Waals surface area contributed by atoms with Gasteiger partial charge in [0.05, 0.1) is 63.2 Å². The van der Waals surface area contributed by atoms with Crippen LogP contribution in [0.1, 0.15) is 168 Å². The third-order valence-corrected chi connectivity index (χ3v) is 23.1. The maximum Gasteiger partial charge on any atom is 0.416 e. The largest absolute Gasteiger partial charge is 0.497 e. The Morgan fingerprint density at radius 3 is 1.04 bits per heavy atom. The van der Waals surface area contributed by atoms with Gasteiger partial charge in [0, 0.05) is 58.0 Å². The number of methoxy groups -OCH3 is 2. The number of β-lactam (4-membered cyclic amide) rings is 3. The molecule has 0 saturated carbocycles. The number of urea groups is 3. The Bertz CT molecular complexity index is 5140. The molecule has 6 aliphatic heterocycles. The minimum atomic E-state index is -1.31. The molecule has 14 rings (SSSR count). The van der Waals surface area contributed by atoms with Gasteiger partial charge < -0.3 is 55.1 Å². The lowest BCUT2D eigenvalue weighted by Gasteiger charge is -2.48. The van der Waals surface area contributed by atoms with Crippen LogP contribution < -0.4 is 35.6 Å². The number of piperidine rings is 3. The summed E-state index contributed by atoms with van der Waals surface area (Å²) in [7, 11) is 7.70. The zero-order chi connectivity index (χ0) is 90.7. The highest BCUT2D eigenvalue weighted by Crippen LogP contribution is 2.42. The molecule has 8 aromatic rings. The average molecular weight is 1760 g/mol. The lowest BCUT2D eigenvalue weighted by molar-refractivity contribution is -0.166. The maximum atomic E-state index is 13.9. The minimum Gasteiger partial charge on any atom is -0.497 e. The second-order valence-electron chi connectivity index (χ2n) is 33.8. The number of halogens is 1. The van der Waals surface area contributed by atoms with Gasteiger partial charge in [0.2, 0.25) is 29.5 Å². The summed E-state index contributed by atoms with van der Waals surface area (Å²) in [6.07, 6.45) is 12.1. The van der Waals surface area contributed by atoms with E-state index in [0.717, 1.165) is 107 Å². The van der Waals surface area contributed by atoms with Crippen LogP contribution in [0.25, 0.3) is 0 Å². The highest BCUT2D eigenvalue weighted by atomic mass is 35.5. The molecule has 0 bridgehead atoms. The van der Waals surface area contributed by atoms with Crippen LogP contribution in [0.4, 0.5) is 35.6 Å². The van der Waals surface area contributed by atoms with E-state index >= 15 is 0 Å². The predicted molar refractivity (Wildman–Crippen MR) is 480 cm³/mol. The fraction of sp³-hybridized carbons (Fsp3) is 0.417. The van der Waals surface area contributed by atoms with Crippen LogP contribution in [0, 0.1) is 24.7 Å². The number of likely N-dealkylation sites (N-methyl/N-ethyl adjacent to an activating group) is 2. The van der Waals surface area contributed by atoms with Crippen molar-refractivity contribution in [1.82, 2.24) is 55.0 Å². The number of aliphatic carboxylic acids is 1. The number of anilines is 2. The van der Waals surface area contributed by atoms with Crippen LogP contribution in [0.5, 0.6) is 11.5 Å². The summed E-state index contributed by atoms with van der Waals surface area (Å²) in [6.45, 7) is 14.4. The summed E-state index contributed by atoms with van der Waals surface area (Å²) in [4.78, 5) is 171. The number of carbonyl (C=O) groups is 11. The molecule has 0 spiro atoms. The van der Waals surface area contributed by atoms with Gasteiger partial charge in [-0.1, -0.05) is 115 Å². The van der Waals surface area contributed by atoms with Gasteiger partial charge in [-0.15, -0.1) is 12.4 Å². The first kappa shape index (κ1) is 96.4. The van der Waals surface area contributed by atoms with E-state index in [0.29, 0.717) is 54.5 Å². The van der Waals surface area contributed by atoms with E-state index in [2.05, 4.69) is 31.3 Å². The molecule has 30 nitrogen and oxygen atoms in total. The first-order valence-corrected chi connectivity index (χ1v) is 42.9. The number of hydrogen-bond acceptors (Lipinski definition) is 19. The molecule has 5 aromatic carbocycles. The number of likely N-dealkylation sites (tertiary alicyclic amines) is 6. The van der Waals surface area contributed by atoms with E-state index in [1.807, 2.05) is 146 Å². The SMILES string of the molecule is CN.CNC(=O)[C@@H]1[C@@H](Cc2ccnc(C)c2)C(=O)N1C(=O)N1CCCCC1c1ccccc1.CNC(=O)[C@@H]1[C@@H](Cc2ccnc(N(Cc3ccc(OC)cc3)C(=O)OC(C)(C)C)c2)C(=O)N1C(=O)N1CCCCC1c1ccccc1.COc1ccc(CN(C(=O)OC(C)(C)C)c2cc(C[C@H]3C(=O)N(C(=O)N4CCCCC4c4ccccc4)[C@@H]3C(=O)O)ccn2)cc1.Cl. The maximum absolute atomic E-state index is 13.9. The quantitative estimate of drug-likeness (QED) is 0.0515. The molecule has 5 N–H and O–H groups in total. The standard InChI is InChI=1S/C36H43N5O6.C35H40N4O7.C24H28N4O3.CH5N.ClH/c1-36(2,3)47-35(45)40(23-24-14-16-27(46-5)17-15-24)30-22-25(18-19-38-30)21-28-31(32(42)37-4)41(33(28)43)34(44)39-20-10-9-13-29(39)26-11-7-6-8-12-26;1-35(2,3)46-34(44)38(22-23-13-15-26(45-4)16-14-23)29-21-24(17-18-36-29)20-27-30(32(41)42)39(31(27)40)33(43)37-19-9-8-12-28(37)25-10-6-5-7-11-25;1-16-14-17(11-12-26-16)15-19-21(22(29)25-2)28(23(19)30)24(31)27-13-7-6-10-20(27)18-8-4-3-5-9-18;1-2;/h6-8,11-12,14-19,22,28-29,31H,9-10,13,20-21,23H2,1-5H3,(H,37,42);5-7,10-11,13-18,21,27-28,30H,8-9,12,19-20,22H2,1-4H3,(H,41,42);3-5,8-9,11-12,14,19-21H,6-7,10,13,15H2,1-2H3,(H,25,29);2H2,1H3;1H/t28-,29?,31+;27-,28?,30+;19-,20?,21+;;/m111../s1. The normalized spacial score (nSPS) is 20.0. The molecule has 6 aliphatic rings. The number of amides is 13. The van der Waals surface area contributed by atoms with E-state index in [-0.39, 0.29) is 80.1 Å². The number of aryl methyl sites for hydroxylation is 1. The van der Waals surface area contributed by atoms with Crippen molar-refractivity contribution in [3.8, 4) is 11.5 Å². The Kier molecular flexibility index (Phi) is 33.3. The van der Waals surface area contributed by atoms with Gasteiger partial charge in [-0.2, -0.15) is 0 Å². The van der Waals surface area contributed by atoms with Crippen molar-refractivity contribution in [3.63, 3.8) is 0 Å². The lowest BCUT2D eigenvalue weighted by atomic mass is 9.81. The third-order valence-electron chi connectivity index (χ3n) is 23.1. The number of carbonyl (C=O) groups excluding carboxylic acids is 10. The third kappa shape index (κ3) is 23.5. The van der Waals surface area contributed by atoms with Crippen molar-refractivity contribution in [1.29, 1.82) is 0 Å². The molecule has 3 unspecified atom stereocenters. The minimum absolute atomic E-state index is 0. The lowest BCUT2D eigenvalue weighted by Crippen LogP contribution is -2.70. The van der Waals surface area contributed by atoms with Crippen LogP contribution in [-0.2, 0) is 70.6 Å². The van der Waals surface area contributed by atoms with E-state index in [4.69, 9.17) is 18.9 Å². The van der Waals surface area contributed by atoms with Crippen molar-refractivity contribution in [2.45, 2.75) is 186 Å².